The van der Waals surface area contributed by atoms with Crippen molar-refractivity contribution in [3.63, 3.8) is 0 Å². The van der Waals surface area contributed by atoms with Crippen molar-refractivity contribution in [2.75, 3.05) is 13.2 Å². The van der Waals surface area contributed by atoms with Gasteiger partial charge in [0.2, 0.25) is 0 Å². The molecule has 11 heteroatoms. The molecule has 35 heavy (non-hydrogen) atoms. The lowest BCUT2D eigenvalue weighted by Gasteiger charge is -2.18. The maximum atomic E-state index is 13.1. The molecule has 0 aliphatic carbocycles. The van der Waals surface area contributed by atoms with Gasteiger partial charge in [-0.05, 0) is 22.2 Å². The summed E-state index contributed by atoms with van der Waals surface area (Å²) < 4.78 is 34.7. The Labute approximate surface area is 203 Å². The maximum absolute atomic E-state index is 13.1. The first-order valence-electron chi connectivity index (χ1n) is 10.7. The quantitative estimate of drug-likeness (QED) is 0.0956. The Morgan fingerprint density at radius 3 is 1.89 bits per heavy atom. The van der Waals surface area contributed by atoms with Gasteiger partial charge in [0, 0.05) is 17.1 Å². The van der Waals surface area contributed by atoms with Crippen molar-refractivity contribution in [3.8, 4) is 0 Å². The van der Waals surface area contributed by atoms with Gasteiger partial charge in [0.25, 0.3) is 0 Å². The third-order valence-electron chi connectivity index (χ3n) is 4.55. The van der Waals surface area contributed by atoms with Crippen molar-refractivity contribution in [1.29, 1.82) is 0 Å². The molecule has 0 saturated heterocycles. The average molecular weight is 496 g/mol. The fourth-order valence-corrected chi connectivity index (χ4v) is 3.94. The second-order valence-electron chi connectivity index (χ2n) is 7.16. The van der Waals surface area contributed by atoms with Crippen molar-refractivity contribution >= 4 is 19.6 Å². The van der Waals surface area contributed by atoms with Gasteiger partial charge in [-0.1, -0.05) is 90.0 Å². The predicted octanol–water partition coefficient (Wildman–Crippen LogP) is 6.41. The van der Waals surface area contributed by atoms with E-state index in [1.807, 2.05) is 60.7 Å². The molecular formula is C24H25N4O6P. The van der Waals surface area contributed by atoms with E-state index < -0.39 is 13.9 Å². The van der Waals surface area contributed by atoms with Crippen molar-refractivity contribution < 1.29 is 27.7 Å². The number of phosphoric acid groups is 1. The van der Waals surface area contributed by atoms with E-state index in [1.54, 1.807) is 24.3 Å². The van der Waals surface area contributed by atoms with Gasteiger partial charge in [-0.2, -0.15) is 0 Å². The van der Waals surface area contributed by atoms with Gasteiger partial charge in [-0.25, -0.2) is 9.36 Å². The van der Waals surface area contributed by atoms with E-state index in [9.17, 15) is 9.36 Å². The van der Waals surface area contributed by atoms with Gasteiger partial charge >= 0.3 is 13.9 Å². The number of amides is 1. The number of carbonyl (C=O) groups excluding carboxylic acids is 1. The molecule has 0 fully saturated rings. The van der Waals surface area contributed by atoms with Gasteiger partial charge in [0.05, 0.1) is 19.8 Å². The van der Waals surface area contributed by atoms with Crippen LogP contribution in [-0.4, -0.2) is 19.2 Å². The summed E-state index contributed by atoms with van der Waals surface area (Å²) in [6, 6.07) is 25.1. The first-order valence-corrected chi connectivity index (χ1v) is 12.2. The second-order valence-corrected chi connectivity index (χ2v) is 8.83. The molecule has 0 spiro atoms. The number of phosphoric ester groups is 1. The van der Waals surface area contributed by atoms with Gasteiger partial charge in [0.1, 0.15) is 6.61 Å². The number of azide groups is 1. The third-order valence-corrected chi connectivity index (χ3v) is 5.94. The molecule has 0 radical (unpaired) electrons. The van der Waals surface area contributed by atoms with Crippen LogP contribution in [-0.2, 0) is 42.7 Å². The second kappa shape index (κ2) is 13.9. The molecule has 0 bridgehead atoms. The topological polar surface area (TPSA) is 132 Å². The summed E-state index contributed by atoms with van der Waals surface area (Å²) >= 11 is 0. The molecule has 0 unspecified atom stereocenters. The van der Waals surface area contributed by atoms with E-state index in [4.69, 9.17) is 23.8 Å². The van der Waals surface area contributed by atoms with Crippen molar-refractivity contribution in [3.05, 3.63) is 112 Å². The molecule has 0 aliphatic rings. The highest BCUT2D eigenvalue weighted by Gasteiger charge is 2.27. The summed E-state index contributed by atoms with van der Waals surface area (Å²) in [6.07, 6.45) is -0.669. The minimum Gasteiger partial charge on any atom is -0.445 e. The summed E-state index contributed by atoms with van der Waals surface area (Å²) in [5, 5.41) is 6.00. The average Bonchev–Trinajstić information content (AvgIpc) is 2.90. The molecule has 3 rings (SSSR count). The standard InChI is InChI=1S/C24H25N4O6P/c25-28-27-23-13-11-22(12-14-23)17-31-24(29)26-15-16-32-35(30,33-18-20-7-3-1-4-8-20)34-19-21-9-5-2-6-10-21/h1-14H,15-19H2,(H,26,29). The first-order chi connectivity index (χ1) is 17.1. The number of carbonyl (C=O) groups is 1. The Balaban J connectivity index is 1.45. The van der Waals surface area contributed by atoms with Crippen LogP contribution in [0, 0.1) is 0 Å². The number of nitrogens with one attached hydrogen (secondary N) is 1. The first kappa shape index (κ1) is 26.0. The zero-order valence-electron chi connectivity index (χ0n) is 18.9. The molecule has 3 aromatic rings. The summed E-state index contributed by atoms with van der Waals surface area (Å²) in [6.45, 7) is 0.0304. The Morgan fingerprint density at radius 2 is 1.34 bits per heavy atom. The van der Waals surface area contributed by atoms with E-state index in [2.05, 4.69) is 15.3 Å². The lowest BCUT2D eigenvalue weighted by Crippen LogP contribution is -2.27. The smallest absolute Gasteiger partial charge is 0.445 e. The Morgan fingerprint density at radius 1 is 0.800 bits per heavy atom. The highest BCUT2D eigenvalue weighted by molar-refractivity contribution is 7.48. The molecule has 1 amide bonds. The summed E-state index contributed by atoms with van der Waals surface area (Å²) in [7, 11) is -3.91. The van der Waals surface area contributed by atoms with Crippen LogP contribution in [0.4, 0.5) is 10.5 Å². The molecule has 3 aromatic carbocycles. The van der Waals surface area contributed by atoms with Gasteiger partial charge < -0.3 is 10.1 Å². The number of hydrogen-bond acceptors (Lipinski definition) is 7. The fourth-order valence-electron chi connectivity index (χ4n) is 2.79. The molecule has 0 aromatic heterocycles. The highest BCUT2D eigenvalue weighted by Crippen LogP contribution is 2.50. The number of nitrogens with zero attached hydrogens (tertiary/aromatic N) is 3. The van der Waals surface area contributed by atoms with Crippen LogP contribution in [0.2, 0.25) is 0 Å². The Bertz CT molecular complexity index is 1110. The predicted molar refractivity (Wildman–Crippen MR) is 129 cm³/mol. The molecular weight excluding hydrogens is 471 g/mol. The van der Waals surface area contributed by atoms with Crippen molar-refractivity contribution in [2.45, 2.75) is 19.8 Å². The Hall–Kier alpha value is -3.65. The highest BCUT2D eigenvalue weighted by atomic mass is 31.2. The lowest BCUT2D eigenvalue weighted by atomic mass is 10.2. The maximum Gasteiger partial charge on any atom is 0.475 e. The number of alkyl carbamates (subject to hydrolysis) is 1. The molecule has 0 atom stereocenters. The van der Waals surface area contributed by atoms with E-state index >= 15 is 0 Å². The minimum atomic E-state index is -3.91. The number of benzene rings is 3. The van der Waals surface area contributed by atoms with E-state index in [-0.39, 0.29) is 33.0 Å². The van der Waals surface area contributed by atoms with Crippen LogP contribution in [0.1, 0.15) is 16.7 Å². The van der Waals surface area contributed by atoms with Crippen molar-refractivity contribution in [2.24, 2.45) is 5.11 Å². The normalized spacial score (nSPS) is 10.9. The molecule has 0 heterocycles. The largest absolute Gasteiger partial charge is 0.475 e. The summed E-state index contributed by atoms with van der Waals surface area (Å²) in [5.74, 6) is 0. The van der Waals surface area contributed by atoms with E-state index in [0.29, 0.717) is 5.69 Å². The number of rotatable bonds is 13. The van der Waals surface area contributed by atoms with Crippen LogP contribution < -0.4 is 5.32 Å². The van der Waals surface area contributed by atoms with Crippen LogP contribution in [0.3, 0.4) is 0 Å². The van der Waals surface area contributed by atoms with Crippen LogP contribution in [0.25, 0.3) is 10.4 Å². The van der Waals surface area contributed by atoms with E-state index in [1.165, 1.54) is 0 Å². The third kappa shape index (κ3) is 9.62. The molecule has 0 saturated carbocycles. The Kier molecular flexibility index (Phi) is 10.3. The number of ether oxygens (including phenoxy) is 1. The van der Waals surface area contributed by atoms with Gasteiger partial charge in [-0.3, -0.25) is 13.6 Å². The zero-order chi connectivity index (χ0) is 24.8. The SMILES string of the molecule is [N-]=[N+]=Nc1ccc(COC(=O)NCCOP(=O)(OCc2ccccc2)OCc2ccccc2)cc1. The van der Waals surface area contributed by atoms with Crippen molar-refractivity contribution in [1.82, 2.24) is 5.32 Å². The molecule has 1 N–H and O–H groups in total. The monoisotopic (exact) mass is 496 g/mol. The number of hydrogen-bond donors (Lipinski definition) is 1. The summed E-state index contributed by atoms with van der Waals surface area (Å²) in [5.41, 5.74) is 11.2. The summed E-state index contributed by atoms with van der Waals surface area (Å²) in [4.78, 5) is 14.6. The van der Waals surface area contributed by atoms with Crippen LogP contribution in [0.15, 0.2) is 90.0 Å². The van der Waals surface area contributed by atoms with Crippen LogP contribution >= 0.6 is 7.82 Å². The minimum absolute atomic E-state index is 0.0298. The van der Waals surface area contributed by atoms with Crippen LogP contribution in [0.5, 0.6) is 0 Å². The lowest BCUT2D eigenvalue weighted by molar-refractivity contribution is 0.100. The molecule has 182 valence electrons. The van der Waals surface area contributed by atoms with Gasteiger partial charge in [-0.15, -0.1) is 0 Å². The van der Waals surface area contributed by atoms with E-state index in [0.717, 1.165) is 16.7 Å². The van der Waals surface area contributed by atoms with Gasteiger partial charge in [0.15, 0.2) is 0 Å². The zero-order valence-corrected chi connectivity index (χ0v) is 19.8. The molecule has 10 nitrogen and oxygen atoms in total. The molecule has 0 aliphatic heterocycles. The fraction of sp³-hybridized carbons (Fsp3) is 0.208.